The minimum absolute atomic E-state index is 0.181. The molecule has 0 saturated heterocycles. The van der Waals surface area contributed by atoms with E-state index in [-0.39, 0.29) is 17.1 Å². The Kier molecular flexibility index (Phi) is 3.57. The van der Waals surface area contributed by atoms with Gasteiger partial charge in [-0.1, -0.05) is 11.2 Å². The Bertz CT molecular complexity index is 540. The van der Waals surface area contributed by atoms with E-state index in [9.17, 15) is 9.18 Å². The lowest BCUT2D eigenvalue weighted by Gasteiger charge is -2.10. The normalized spacial score (nSPS) is 10.1. The molecule has 94 valence electrons. The fourth-order valence-corrected chi connectivity index (χ4v) is 1.53. The molecule has 0 saturated carbocycles. The van der Waals surface area contributed by atoms with Crippen molar-refractivity contribution in [2.45, 2.75) is 6.92 Å². The largest absolute Gasteiger partial charge is 0.382 e. The average Bonchev–Trinajstić information content (AvgIpc) is 2.84. The van der Waals surface area contributed by atoms with Gasteiger partial charge in [0.2, 0.25) is 0 Å². The summed E-state index contributed by atoms with van der Waals surface area (Å²) in [5, 5.41) is 8.90. The van der Waals surface area contributed by atoms with Gasteiger partial charge in [-0.3, -0.25) is 4.79 Å². The molecule has 1 amide bonds. The van der Waals surface area contributed by atoms with Crippen LogP contribution in [0.3, 0.4) is 0 Å². The number of hydrogen-bond donors (Lipinski definition) is 2. The number of carbonyl (C=O) groups excluding carboxylic acids is 1. The number of para-hydroxylation sites is 1. The van der Waals surface area contributed by atoms with Gasteiger partial charge in [0.1, 0.15) is 12.1 Å². The molecule has 0 aliphatic rings. The van der Waals surface area contributed by atoms with Crippen molar-refractivity contribution >= 4 is 17.4 Å². The Balaban J connectivity index is 2.26. The maximum absolute atomic E-state index is 13.6. The van der Waals surface area contributed by atoms with Crippen molar-refractivity contribution in [1.29, 1.82) is 0 Å². The van der Waals surface area contributed by atoms with Crippen LogP contribution in [0.1, 0.15) is 17.3 Å². The first-order valence-corrected chi connectivity index (χ1v) is 5.46. The number of carbonyl (C=O) groups is 1. The summed E-state index contributed by atoms with van der Waals surface area (Å²) in [6.45, 7) is 2.34. The summed E-state index contributed by atoms with van der Waals surface area (Å²) in [6.07, 6.45) is 1.34. The lowest BCUT2D eigenvalue weighted by Crippen LogP contribution is -2.15. The van der Waals surface area contributed by atoms with Crippen LogP contribution in [0.4, 0.5) is 15.9 Å². The smallest absolute Gasteiger partial charge is 0.259 e. The summed E-state index contributed by atoms with van der Waals surface area (Å²) in [4.78, 5) is 12.0. The standard InChI is InChI=1S/C12H12FN3O2/c1-2-14-11-8(4-3-5-9(11)13)12(17)15-10-6-7-18-16-10/h3-7,14H,2H2,1H3,(H,15,16,17). The van der Waals surface area contributed by atoms with Crippen LogP contribution >= 0.6 is 0 Å². The van der Waals surface area contributed by atoms with Crippen molar-refractivity contribution in [3.8, 4) is 0 Å². The lowest BCUT2D eigenvalue weighted by atomic mass is 10.1. The summed E-state index contributed by atoms with van der Waals surface area (Å²) < 4.78 is 18.2. The number of rotatable bonds is 4. The molecule has 0 spiro atoms. The molecule has 2 rings (SSSR count). The molecule has 0 unspecified atom stereocenters. The van der Waals surface area contributed by atoms with E-state index in [2.05, 4.69) is 20.3 Å². The lowest BCUT2D eigenvalue weighted by molar-refractivity contribution is 0.102. The Morgan fingerprint density at radius 3 is 2.94 bits per heavy atom. The van der Waals surface area contributed by atoms with E-state index in [1.165, 1.54) is 30.5 Å². The molecule has 0 radical (unpaired) electrons. The molecule has 5 nitrogen and oxygen atoms in total. The third-order valence-electron chi connectivity index (χ3n) is 2.29. The number of amides is 1. The summed E-state index contributed by atoms with van der Waals surface area (Å²) in [7, 11) is 0. The molecule has 2 aromatic rings. The van der Waals surface area contributed by atoms with Crippen LogP contribution < -0.4 is 10.6 Å². The number of hydrogen-bond acceptors (Lipinski definition) is 4. The van der Waals surface area contributed by atoms with Crippen molar-refractivity contribution in [2.24, 2.45) is 0 Å². The number of nitrogens with zero attached hydrogens (tertiary/aromatic N) is 1. The molecule has 18 heavy (non-hydrogen) atoms. The summed E-state index contributed by atoms with van der Waals surface area (Å²) in [6, 6.07) is 5.82. The highest BCUT2D eigenvalue weighted by molar-refractivity contribution is 6.07. The topological polar surface area (TPSA) is 67.2 Å². The Hall–Kier alpha value is -2.37. The molecular formula is C12H12FN3O2. The van der Waals surface area contributed by atoms with Crippen LogP contribution in [0.25, 0.3) is 0 Å². The molecule has 0 bridgehead atoms. The van der Waals surface area contributed by atoms with E-state index >= 15 is 0 Å². The van der Waals surface area contributed by atoms with Gasteiger partial charge in [0.05, 0.1) is 11.3 Å². The minimum atomic E-state index is -0.468. The molecule has 1 heterocycles. The van der Waals surface area contributed by atoms with Gasteiger partial charge >= 0.3 is 0 Å². The van der Waals surface area contributed by atoms with Gasteiger partial charge in [0.25, 0.3) is 5.91 Å². The van der Waals surface area contributed by atoms with E-state index in [1.807, 2.05) is 6.92 Å². The summed E-state index contributed by atoms with van der Waals surface area (Å²) in [5.74, 6) is -0.629. The van der Waals surface area contributed by atoms with Crippen molar-refractivity contribution < 1.29 is 13.7 Å². The van der Waals surface area contributed by atoms with Crippen molar-refractivity contribution in [3.05, 3.63) is 41.9 Å². The SMILES string of the molecule is CCNc1c(F)cccc1C(=O)Nc1ccon1. The fraction of sp³-hybridized carbons (Fsp3) is 0.167. The Morgan fingerprint density at radius 2 is 2.28 bits per heavy atom. The van der Waals surface area contributed by atoms with Crippen LogP contribution in [0.15, 0.2) is 35.1 Å². The zero-order valence-corrected chi connectivity index (χ0v) is 9.74. The second kappa shape index (κ2) is 5.31. The van der Waals surface area contributed by atoms with E-state index in [0.717, 1.165) is 0 Å². The maximum atomic E-state index is 13.6. The van der Waals surface area contributed by atoms with E-state index in [0.29, 0.717) is 6.54 Å². The van der Waals surface area contributed by atoms with Crippen molar-refractivity contribution in [2.75, 3.05) is 17.2 Å². The number of benzene rings is 1. The Morgan fingerprint density at radius 1 is 1.44 bits per heavy atom. The van der Waals surface area contributed by atoms with Gasteiger partial charge in [-0.05, 0) is 19.1 Å². The van der Waals surface area contributed by atoms with Gasteiger partial charge in [0, 0.05) is 12.6 Å². The molecule has 0 aliphatic carbocycles. The zero-order chi connectivity index (χ0) is 13.0. The van der Waals surface area contributed by atoms with E-state index in [1.54, 1.807) is 0 Å². The predicted molar refractivity (Wildman–Crippen MR) is 65.0 cm³/mol. The van der Waals surface area contributed by atoms with Gasteiger partial charge in [0.15, 0.2) is 5.82 Å². The monoisotopic (exact) mass is 249 g/mol. The van der Waals surface area contributed by atoms with Gasteiger partial charge in [-0.25, -0.2) is 4.39 Å². The van der Waals surface area contributed by atoms with E-state index < -0.39 is 11.7 Å². The first-order valence-electron chi connectivity index (χ1n) is 5.46. The van der Waals surface area contributed by atoms with Crippen LogP contribution in [0, 0.1) is 5.82 Å². The first kappa shape index (κ1) is 12.1. The molecule has 6 heteroatoms. The van der Waals surface area contributed by atoms with Gasteiger partial charge in [-0.2, -0.15) is 0 Å². The second-order valence-corrected chi connectivity index (χ2v) is 3.53. The highest BCUT2D eigenvalue weighted by atomic mass is 19.1. The quantitative estimate of drug-likeness (QED) is 0.873. The molecular weight excluding hydrogens is 237 g/mol. The minimum Gasteiger partial charge on any atom is -0.382 e. The molecule has 1 aromatic carbocycles. The number of nitrogens with one attached hydrogen (secondary N) is 2. The van der Waals surface area contributed by atoms with E-state index in [4.69, 9.17) is 0 Å². The highest BCUT2D eigenvalue weighted by Crippen LogP contribution is 2.20. The Labute approximate surface area is 103 Å². The molecule has 0 aliphatic heterocycles. The van der Waals surface area contributed by atoms with Crippen LogP contribution in [0.2, 0.25) is 0 Å². The maximum Gasteiger partial charge on any atom is 0.259 e. The van der Waals surface area contributed by atoms with Crippen molar-refractivity contribution in [1.82, 2.24) is 5.16 Å². The average molecular weight is 249 g/mol. The third-order valence-corrected chi connectivity index (χ3v) is 2.29. The molecule has 0 fully saturated rings. The van der Waals surface area contributed by atoms with Crippen LogP contribution in [0.5, 0.6) is 0 Å². The summed E-state index contributed by atoms with van der Waals surface area (Å²) in [5.41, 5.74) is 0.404. The van der Waals surface area contributed by atoms with Crippen LogP contribution in [-0.4, -0.2) is 17.6 Å². The van der Waals surface area contributed by atoms with Crippen molar-refractivity contribution in [3.63, 3.8) is 0 Å². The van der Waals surface area contributed by atoms with Gasteiger partial charge < -0.3 is 15.2 Å². The highest BCUT2D eigenvalue weighted by Gasteiger charge is 2.15. The van der Waals surface area contributed by atoms with Crippen LogP contribution in [-0.2, 0) is 0 Å². The number of anilines is 2. The molecule has 0 atom stereocenters. The molecule has 2 N–H and O–H groups in total. The summed E-state index contributed by atoms with van der Waals surface area (Å²) >= 11 is 0. The molecule has 1 aromatic heterocycles. The zero-order valence-electron chi connectivity index (χ0n) is 9.74. The predicted octanol–water partition coefficient (Wildman–Crippen LogP) is 2.50. The number of aromatic nitrogens is 1. The number of halogens is 1. The third kappa shape index (κ3) is 2.48. The van der Waals surface area contributed by atoms with Gasteiger partial charge in [-0.15, -0.1) is 0 Å². The first-order chi connectivity index (χ1) is 8.72. The second-order valence-electron chi connectivity index (χ2n) is 3.53. The fourth-order valence-electron chi connectivity index (χ4n) is 1.53.